The van der Waals surface area contributed by atoms with Crippen LogP contribution in [0.4, 0.5) is 0 Å². The molecule has 16 heavy (non-hydrogen) atoms. The Labute approximate surface area is 98.5 Å². The second-order valence-electron chi connectivity index (χ2n) is 4.69. The van der Waals surface area contributed by atoms with E-state index in [-0.39, 0.29) is 6.04 Å². The van der Waals surface area contributed by atoms with Crippen LogP contribution in [0.1, 0.15) is 46.0 Å². The summed E-state index contributed by atoms with van der Waals surface area (Å²) in [4.78, 5) is 2.37. The maximum absolute atomic E-state index is 8.77. The SMILES string of the molecule is CCC1CCCN(C(CC)C(N)=NO)CC1. The van der Waals surface area contributed by atoms with Crippen LogP contribution in [-0.4, -0.2) is 35.1 Å². The quantitative estimate of drug-likeness (QED) is 0.334. The molecule has 1 fully saturated rings. The summed E-state index contributed by atoms with van der Waals surface area (Å²) in [7, 11) is 0. The second-order valence-corrected chi connectivity index (χ2v) is 4.69. The predicted molar refractivity (Wildman–Crippen MR) is 66.7 cm³/mol. The number of hydrogen-bond acceptors (Lipinski definition) is 3. The Morgan fingerprint density at radius 2 is 2.19 bits per heavy atom. The molecule has 1 aliphatic rings. The molecule has 0 saturated carbocycles. The van der Waals surface area contributed by atoms with E-state index in [1.54, 1.807) is 0 Å². The van der Waals surface area contributed by atoms with Gasteiger partial charge >= 0.3 is 0 Å². The second kappa shape index (κ2) is 6.74. The van der Waals surface area contributed by atoms with Crippen molar-refractivity contribution in [3.63, 3.8) is 0 Å². The summed E-state index contributed by atoms with van der Waals surface area (Å²) in [6.07, 6.45) is 5.97. The molecule has 2 atom stereocenters. The number of likely N-dealkylation sites (tertiary alicyclic amines) is 1. The summed E-state index contributed by atoms with van der Waals surface area (Å²) in [5, 5.41) is 11.9. The summed E-state index contributed by atoms with van der Waals surface area (Å²) >= 11 is 0. The van der Waals surface area contributed by atoms with Crippen LogP contribution < -0.4 is 5.73 Å². The van der Waals surface area contributed by atoms with Gasteiger partial charge in [0.25, 0.3) is 0 Å². The summed E-state index contributed by atoms with van der Waals surface area (Å²) in [6.45, 7) is 6.50. The van der Waals surface area contributed by atoms with Gasteiger partial charge in [-0.25, -0.2) is 0 Å². The zero-order valence-corrected chi connectivity index (χ0v) is 10.5. The average molecular weight is 227 g/mol. The molecule has 1 saturated heterocycles. The van der Waals surface area contributed by atoms with Crippen LogP contribution in [0.5, 0.6) is 0 Å². The molecule has 1 heterocycles. The van der Waals surface area contributed by atoms with Gasteiger partial charge < -0.3 is 10.9 Å². The number of oxime groups is 1. The van der Waals surface area contributed by atoms with Crippen molar-refractivity contribution < 1.29 is 5.21 Å². The lowest BCUT2D eigenvalue weighted by Gasteiger charge is -2.28. The highest BCUT2D eigenvalue weighted by atomic mass is 16.4. The van der Waals surface area contributed by atoms with Crippen LogP contribution in [0.3, 0.4) is 0 Å². The lowest BCUT2D eigenvalue weighted by atomic mass is 9.98. The molecule has 0 amide bonds. The van der Waals surface area contributed by atoms with Crippen molar-refractivity contribution in [3.8, 4) is 0 Å². The molecule has 0 aromatic heterocycles. The minimum Gasteiger partial charge on any atom is -0.409 e. The number of amidine groups is 1. The minimum atomic E-state index is 0.112. The lowest BCUT2D eigenvalue weighted by Crippen LogP contribution is -2.45. The lowest BCUT2D eigenvalue weighted by molar-refractivity contribution is 0.233. The zero-order valence-electron chi connectivity index (χ0n) is 10.5. The van der Waals surface area contributed by atoms with E-state index in [2.05, 4.69) is 23.9 Å². The van der Waals surface area contributed by atoms with Crippen LogP contribution in [0.15, 0.2) is 5.16 Å². The van der Waals surface area contributed by atoms with Gasteiger partial charge in [-0.2, -0.15) is 0 Å². The Balaban J connectivity index is 2.58. The third kappa shape index (κ3) is 3.37. The summed E-state index contributed by atoms with van der Waals surface area (Å²) in [5.41, 5.74) is 5.74. The van der Waals surface area contributed by atoms with E-state index >= 15 is 0 Å². The van der Waals surface area contributed by atoms with Crippen molar-refractivity contribution in [1.29, 1.82) is 0 Å². The van der Waals surface area contributed by atoms with Gasteiger partial charge in [0.2, 0.25) is 0 Å². The monoisotopic (exact) mass is 227 g/mol. The molecule has 0 aromatic rings. The Kier molecular flexibility index (Phi) is 5.60. The summed E-state index contributed by atoms with van der Waals surface area (Å²) in [6, 6.07) is 0.112. The number of nitrogens with zero attached hydrogens (tertiary/aromatic N) is 2. The number of rotatable bonds is 4. The number of hydrogen-bond donors (Lipinski definition) is 2. The molecule has 4 heteroatoms. The molecule has 94 valence electrons. The van der Waals surface area contributed by atoms with E-state index in [0.717, 1.165) is 25.4 Å². The molecular formula is C12H25N3O. The molecule has 0 spiro atoms. The molecule has 0 radical (unpaired) electrons. The fraction of sp³-hybridized carbons (Fsp3) is 0.917. The van der Waals surface area contributed by atoms with E-state index < -0.39 is 0 Å². The maximum Gasteiger partial charge on any atom is 0.156 e. The first kappa shape index (κ1) is 13.3. The largest absolute Gasteiger partial charge is 0.409 e. The van der Waals surface area contributed by atoms with Gasteiger partial charge in [-0.1, -0.05) is 25.4 Å². The minimum absolute atomic E-state index is 0.112. The summed E-state index contributed by atoms with van der Waals surface area (Å²) in [5.74, 6) is 1.22. The topological polar surface area (TPSA) is 61.8 Å². The molecule has 1 rings (SSSR count). The van der Waals surface area contributed by atoms with Gasteiger partial charge in [0.05, 0.1) is 6.04 Å². The van der Waals surface area contributed by atoms with E-state index in [1.807, 2.05) is 0 Å². The van der Waals surface area contributed by atoms with E-state index in [9.17, 15) is 0 Å². The van der Waals surface area contributed by atoms with E-state index in [0.29, 0.717) is 5.84 Å². The van der Waals surface area contributed by atoms with Gasteiger partial charge in [0.1, 0.15) is 0 Å². The van der Waals surface area contributed by atoms with Crippen LogP contribution >= 0.6 is 0 Å². The standard InChI is InChI=1S/C12H25N3O/c1-3-10-6-5-8-15(9-7-10)11(4-2)12(13)14-16/h10-11,16H,3-9H2,1-2H3,(H2,13,14). The Bertz CT molecular complexity index is 230. The molecular weight excluding hydrogens is 202 g/mol. The van der Waals surface area contributed by atoms with Crippen LogP contribution in [0, 0.1) is 5.92 Å². The molecule has 3 N–H and O–H groups in total. The van der Waals surface area contributed by atoms with Gasteiger partial charge in [-0.15, -0.1) is 0 Å². The maximum atomic E-state index is 8.77. The van der Waals surface area contributed by atoms with Gasteiger partial charge in [-0.05, 0) is 44.7 Å². The molecule has 1 aliphatic heterocycles. The van der Waals surface area contributed by atoms with Crippen molar-refractivity contribution in [2.75, 3.05) is 13.1 Å². The fourth-order valence-corrected chi connectivity index (χ4v) is 2.63. The smallest absolute Gasteiger partial charge is 0.156 e. The predicted octanol–water partition coefficient (Wildman–Crippen LogP) is 2.02. The van der Waals surface area contributed by atoms with E-state index in [4.69, 9.17) is 10.9 Å². The van der Waals surface area contributed by atoms with Crippen LogP contribution in [0.25, 0.3) is 0 Å². The highest BCUT2D eigenvalue weighted by Gasteiger charge is 2.24. The normalized spacial score (nSPS) is 26.4. The summed E-state index contributed by atoms with van der Waals surface area (Å²) < 4.78 is 0. The Morgan fingerprint density at radius 3 is 2.75 bits per heavy atom. The molecule has 0 aliphatic carbocycles. The molecule has 2 unspecified atom stereocenters. The zero-order chi connectivity index (χ0) is 12.0. The average Bonchev–Trinajstić information content (AvgIpc) is 2.55. The van der Waals surface area contributed by atoms with Gasteiger partial charge in [0, 0.05) is 0 Å². The highest BCUT2D eigenvalue weighted by molar-refractivity contribution is 5.85. The van der Waals surface area contributed by atoms with Crippen molar-refractivity contribution in [3.05, 3.63) is 0 Å². The first-order valence-electron chi connectivity index (χ1n) is 6.44. The highest BCUT2D eigenvalue weighted by Crippen LogP contribution is 2.22. The molecule has 0 aromatic carbocycles. The molecule has 0 bridgehead atoms. The van der Waals surface area contributed by atoms with E-state index in [1.165, 1.54) is 25.7 Å². The van der Waals surface area contributed by atoms with Gasteiger partial charge in [-0.3, -0.25) is 4.90 Å². The van der Waals surface area contributed by atoms with Gasteiger partial charge in [0.15, 0.2) is 5.84 Å². The fourth-order valence-electron chi connectivity index (χ4n) is 2.63. The van der Waals surface area contributed by atoms with Crippen molar-refractivity contribution in [2.24, 2.45) is 16.8 Å². The van der Waals surface area contributed by atoms with Crippen molar-refractivity contribution in [2.45, 2.75) is 52.0 Å². The third-order valence-corrected chi connectivity index (χ3v) is 3.74. The third-order valence-electron chi connectivity index (χ3n) is 3.74. The number of nitrogens with two attached hydrogens (primary N) is 1. The first-order valence-corrected chi connectivity index (χ1v) is 6.44. The Morgan fingerprint density at radius 1 is 1.44 bits per heavy atom. The van der Waals surface area contributed by atoms with Crippen LogP contribution in [-0.2, 0) is 0 Å². The van der Waals surface area contributed by atoms with Crippen molar-refractivity contribution >= 4 is 5.84 Å². The van der Waals surface area contributed by atoms with Crippen LogP contribution in [0.2, 0.25) is 0 Å². The van der Waals surface area contributed by atoms with Crippen molar-refractivity contribution in [1.82, 2.24) is 4.90 Å². The molecule has 4 nitrogen and oxygen atoms in total. The Hall–Kier alpha value is -0.770. The first-order chi connectivity index (χ1) is 7.72.